The normalized spacial score (nSPS) is 15.0. The highest BCUT2D eigenvalue weighted by Gasteiger charge is 2.38. The predicted octanol–water partition coefficient (Wildman–Crippen LogP) is 15.3. The van der Waals surface area contributed by atoms with E-state index in [9.17, 15) is 0 Å². The fourth-order valence-electron chi connectivity index (χ4n) is 9.83. The standard InChI is InChI=1S/C60H60N2O4/c1-3-33-59(41-65-42-59)39-63-37-45-13-23-53(24-14-45)61(57-31-21-47-9-5-7-11-51(47)35-57)55-27-17-49(18-28-55)50-19-29-56(30-20-50)62(58-32-22-48-10-6-8-12-52(48)36-58)54-25-15-46(16-26-54)38-64-40-60(34-4-2)43-66-44-60/h5-32,35-36H,3-4,33-34,37-44H2,1-2H3. The van der Waals surface area contributed by atoms with Crippen molar-refractivity contribution in [3.8, 4) is 11.1 Å². The number of ether oxygens (including phenoxy) is 4. The lowest BCUT2D eigenvalue weighted by Crippen LogP contribution is -2.46. The van der Waals surface area contributed by atoms with Crippen molar-refractivity contribution in [3.05, 3.63) is 193 Å². The summed E-state index contributed by atoms with van der Waals surface area (Å²) in [5, 5.41) is 4.87. The molecule has 0 bridgehead atoms. The fourth-order valence-corrected chi connectivity index (χ4v) is 9.83. The van der Waals surface area contributed by atoms with Crippen LogP contribution in [0.5, 0.6) is 0 Å². The van der Waals surface area contributed by atoms with Crippen LogP contribution in [0.25, 0.3) is 32.7 Å². The Balaban J connectivity index is 0.896. The van der Waals surface area contributed by atoms with Crippen LogP contribution in [0.1, 0.15) is 50.7 Å². The maximum absolute atomic E-state index is 6.26. The van der Waals surface area contributed by atoms with Gasteiger partial charge >= 0.3 is 0 Å². The lowest BCUT2D eigenvalue weighted by molar-refractivity contribution is -0.155. The molecule has 0 amide bonds. The molecular weight excluding hydrogens is 813 g/mol. The summed E-state index contributed by atoms with van der Waals surface area (Å²) in [6.07, 6.45) is 4.58. The molecule has 8 aromatic rings. The number of hydrogen-bond acceptors (Lipinski definition) is 6. The molecule has 2 aliphatic rings. The molecule has 0 radical (unpaired) electrons. The second kappa shape index (κ2) is 19.7. The van der Waals surface area contributed by atoms with Crippen molar-refractivity contribution in [2.24, 2.45) is 10.8 Å². The summed E-state index contributed by atoms with van der Waals surface area (Å²) < 4.78 is 23.7. The Morgan fingerprint density at radius 2 is 0.727 bits per heavy atom. The zero-order valence-electron chi connectivity index (χ0n) is 38.3. The van der Waals surface area contributed by atoms with E-state index in [1.807, 2.05) is 0 Å². The number of rotatable bonds is 19. The number of hydrogen-bond donors (Lipinski definition) is 0. The van der Waals surface area contributed by atoms with Crippen molar-refractivity contribution in [1.29, 1.82) is 0 Å². The van der Waals surface area contributed by atoms with Crippen molar-refractivity contribution < 1.29 is 18.9 Å². The van der Waals surface area contributed by atoms with Gasteiger partial charge in [-0.25, -0.2) is 0 Å². The van der Waals surface area contributed by atoms with E-state index in [2.05, 4.69) is 206 Å². The van der Waals surface area contributed by atoms with Crippen molar-refractivity contribution in [1.82, 2.24) is 0 Å². The minimum absolute atomic E-state index is 0.181. The molecule has 0 unspecified atom stereocenters. The highest BCUT2D eigenvalue weighted by atomic mass is 16.5. The van der Waals surface area contributed by atoms with Gasteiger partial charge in [-0.05, 0) is 129 Å². The molecule has 10 rings (SSSR count). The largest absolute Gasteiger partial charge is 0.380 e. The Morgan fingerprint density at radius 3 is 1.06 bits per heavy atom. The monoisotopic (exact) mass is 872 g/mol. The average Bonchev–Trinajstić information content (AvgIpc) is 3.34. The first-order chi connectivity index (χ1) is 32.5. The zero-order valence-corrected chi connectivity index (χ0v) is 38.3. The van der Waals surface area contributed by atoms with Gasteiger partial charge in [-0.15, -0.1) is 0 Å². The van der Waals surface area contributed by atoms with Crippen LogP contribution in [0.2, 0.25) is 0 Å². The van der Waals surface area contributed by atoms with Crippen molar-refractivity contribution >= 4 is 55.7 Å². The van der Waals surface area contributed by atoms with Crippen LogP contribution in [0.3, 0.4) is 0 Å². The topological polar surface area (TPSA) is 43.4 Å². The van der Waals surface area contributed by atoms with Crippen LogP contribution < -0.4 is 9.80 Å². The van der Waals surface area contributed by atoms with Gasteiger partial charge in [0.25, 0.3) is 0 Å². The summed E-state index contributed by atoms with van der Waals surface area (Å²) in [5.41, 5.74) is 11.6. The Morgan fingerprint density at radius 1 is 0.394 bits per heavy atom. The molecule has 2 heterocycles. The molecule has 66 heavy (non-hydrogen) atoms. The third kappa shape index (κ3) is 9.51. The number of nitrogens with zero attached hydrogens (tertiary/aromatic N) is 2. The maximum atomic E-state index is 6.26. The Labute approximate surface area is 390 Å². The first kappa shape index (κ1) is 43.6. The van der Waals surface area contributed by atoms with Crippen LogP contribution in [-0.2, 0) is 32.2 Å². The molecule has 0 aromatic heterocycles. The van der Waals surface area contributed by atoms with Gasteiger partial charge < -0.3 is 28.7 Å². The van der Waals surface area contributed by atoms with Gasteiger partial charge in [0.2, 0.25) is 0 Å². The molecule has 2 saturated heterocycles. The Kier molecular flexibility index (Phi) is 13.0. The maximum Gasteiger partial charge on any atom is 0.0717 e. The predicted molar refractivity (Wildman–Crippen MR) is 272 cm³/mol. The molecule has 0 spiro atoms. The molecular formula is C60H60N2O4. The number of anilines is 6. The molecule has 0 aliphatic carbocycles. The van der Waals surface area contributed by atoms with Crippen molar-refractivity contribution in [2.75, 3.05) is 49.4 Å². The zero-order chi connectivity index (χ0) is 44.8. The van der Waals surface area contributed by atoms with Crippen molar-refractivity contribution in [2.45, 2.75) is 52.7 Å². The SMILES string of the molecule is CCCC1(COCc2ccc(N(c3ccc(-c4ccc(N(c5ccc(COCC6(CCC)COC6)cc5)c5ccc6ccccc6c5)cc4)cc3)c3ccc4ccccc4c3)cc2)COC1. The van der Waals surface area contributed by atoms with Gasteiger partial charge in [0.1, 0.15) is 0 Å². The summed E-state index contributed by atoms with van der Waals surface area (Å²) in [5.74, 6) is 0. The molecule has 2 fully saturated rings. The minimum atomic E-state index is 0.181. The van der Waals surface area contributed by atoms with Gasteiger partial charge in [-0.1, -0.05) is 136 Å². The molecule has 0 saturated carbocycles. The molecule has 6 heteroatoms. The first-order valence-electron chi connectivity index (χ1n) is 23.8. The van der Waals surface area contributed by atoms with Crippen LogP contribution in [0, 0.1) is 10.8 Å². The molecule has 2 aliphatic heterocycles. The third-order valence-corrected chi connectivity index (χ3v) is 13.5. The molecule has 6 nitrogen and oxygen atoms in total. The van der Waals surface area contributed by atoms with Gasteiger partial charge in [0.15, 0.2) is 0 Å². The van der Waals surface area contributed by atoms with Crippen LogP contribution in [-0.4, -0.2) is 39.6 Å². The van der Waals surface area contributed by atoms with Gasteiger partial charge in [-0.2, -0.15) is 0 Å². The van der Waals surface area contributed by atoms with E-state index in [0.29, 0.717) is 13.2 Å². The van der Waals surface area contributed by atoms with Crippen LogP contribution in [0.15, 0.2) is 182 Å². The first-order valence-corrected chi connectivity index (χ1v) is 23.8. The quantitative estimate of drug-likeness (QED) is 0.0806. The Bertz CT molecular complexity index is 2650. The molecule has 0 N–H and O–H groups in total. The highest BCUT2D eigenvalue weighted by molar-refractivity contribution is 5.91. The van der Waals surface area contributed by atoms with Crippen molar-refractivity contribution in [3.63, 3.8) is 0 Å². The third-order valence-electron chi connectivity index (χ3n) is 13.5. The van der Waals surface area contributed by atoms with E-state index in [1.54, 1.807) is 0 Å². The molecule has 8 aromatic carbocycles. The summed E-state index contributed by atoms with van der Waals surface area (Å²) >= 11 is 0. The molecule has 334 valence electrons. The van der Waals surface area contributed by atoms with Gasteiger partial charge in [-0.3, -0.25) is 0 Å². The van der Waals surface area contributed by atoms with Gasteiger partial charge in [0, 0.05) is 45.0 Å². The second-order valence-corrected chi connectivity index (χ2v) is 18.6. The average molecular weight is 873 g/mol. The van der Waals surface area contributed by atoms with Crippen LogP contribution in [0.4, 0.5) is 34.1 Å². The van der Waals surface area contributed by atoms with E-state index in [-0.39, 0.29) is 10.8 Å². The lowest BCUT2D eigenvalue weighted by atomic mass is 9.82. The van der Waals surface area contributed by atoms with E-state index < -0.39 is 0 Å². The van der Waals surface area contributed by atoms with E-state index >= 15 is 0 Å². The van der Waals surface area contributed by atoms with E-state index in [1.165, 1.54) is 32.7 Å². The summed E-state index contributed by atoms with van der Waals surface area (Å²) in [6.45, 7) is 10.4. The lowest BCUT2D eigenvalue weighted by Gasteiger charge is -2.41. The summed E-state index contributed by atoms with van der Waals surface area (Å²) in [4.78, 5) is 4.69. The second-order valence-electron chi connectivity index (χ2n) is 18.6. The number of fused-ring (bicyclic) bond motifs is 2. The van der Waals surface area contributed by atoms with Crippen LogP contribution >= 0.6 is 0 Å². The molecule has 0 atom stereocenters. The smallest absolute Gasteiger partial charge is 0.0717 e. The minimum Gasteiger partial charge on any atom is -0.380 e. The summed E-state index contributed by atoms with van der Waals surface area (Å²) in [6, 6.07) is 66.1. The van der Waals surface area contributed by atoms with Gasteiger partial charge in [0.05, 0.1) is 52.9 Å². The number of benzene rings is 8. The summed E-state index contributed by atoms with van der Waals surface area (Å²) in [7, 11) is 0. The fraction of sp³-hybridized carbons (Fsp3) is 0.267. The highest BCUT2D eigenvalue weighted by Crippen LogP contribution is 2.41. The van der Waals surface area contributed by atoms with E-state index in [4.69, 9.17) is 18.9 Å². The van der Waals surface area contributed by atoms with E-state index in [0.717, 1.165) is 111 Å². The Hall–Kier alpha value is -6.28.